The lowest BCUT2D eigenvalue weighted by Gasteiger charge is -1.68. The smallest absolute Gasteiger partial charge is 0.161 e. The highest BCUT2D eigenvalue weighted by Crippen LogP contribution is 1.69. The Labute approximate surface area is 56.8 Å². The number of hydrogen-bond acceptors (Lipinski definition) is 0. The Kier molecular flexibility index (Phi) is 6.47. The molecule has 0 aromatic rings. The summed E-state index contributed by atoms with van der Waals surface area (Å²) in [6.07, 6.45) is 9.89. The van der Waals surface area contributed by atoms with Crippen LogP contribution in [0.25, 0.3) is 0 Å². The van der Waals surface area contributed by atoms with Crippen LogP contribution in [0.5, 0.6) is 0 Å². The second-order valence-electron chi connectivity index (χ2n) is 1.64. The lowest BCUT2D eigenvalue weighted by atomic mass is 10.4. The minimum atomic E-state index is 0.986. The van der Waals surface area contributed by atoms with Gasteiger partial charge in [0, 0.05) is 6.08 Å². The molecule has 0 atom stereocenters. The quantitative estimate of drug-likeness (QED) is 0.410. The van der Waals surface area contributed by atoms with Gasteiger partial charge in [0.15, 0.2) is 6.21 Å². The first-order valence-electron chi connectivity index (χ1n) is 3.26. The molecule has 0 bridgehead atoms. The van der Waals surface area contributed by atoms with Crippen LogP contribution in [0.2, 0.25) is 0 Å². The number of allylic oxidation sites excluding steroid dienone is 4. The van der Waals surface area contributed by atoms with E-state index >= 15 is 0 Å². The minimum Gasteiger partial charge on any atom is -0.248 e. The van der Waals surface area contributed by atoms with Crippen LogP contribution < -0.4 is 4.99 Å². The highest BCUT2D eigenvalue weighted by Gasteiger charge is 1.66. The average molecular weight is 124 g/mol. The van der Waals surface area contributed by atoms with E-state index in [0.717, 1.165) is 6.54 Å². The van der Waals surface area contributed by atoms with Crippen molar-refractivity contribution in [3.05, 3.63) is 24.3 Å². The SMILES string of the molecule is C/C=C/C=C\C=[NH+]CC. The van der Waals surface area contributed by atoms with E-state index in [9.17, 15) is 0 Å². The second-order valence-corrected chi connectivity index (χ2v) is 1.64. The van der Waals surface area contributed by atoms with Crippen molar-refractivity contribution in [2.75, 3.05) is 6.54 Å². The Bertz CT molecular complexity index is 121. The van der Waals surface area contributed by atoms with Gasteiger partial charge >= 0.3 is 0 Å². The predicted molar refractivity (Wildman–Crippen MR) is 41.5 cm³/mol. The van der Waals surface area contributed by atoms with Gasteiger partial charge in [0.2, 0.25) is 0 Å². The molecule has 0 aromatic heterocycles. The zero-order valence-corrected chi connectivity index (χ0v) is 6.09. The summed E-state index contributed by atoms with van der Waals surface area (Å²) in [7, 11) is 0. The highest BCUT2D eigenvalue weighted by atomic mass is 14.7. The standard InChI is InChI=1S/C8H13N/c1-3-5-6-7-8-9-4-2/h3,5-8H,4H2,1-2H3/p+1/b5-3+,7-6-,9-8?. The van der Waals surface area contributed by atoms with Gasteiger partial charge in [-0.15, -0.1) is 0 Å². The third-order valence-electron chi connectivity index (χ3n) is 0.833. The molecule has 0 unspecified atom stereocenters. The largest absolute Gasteiger partial charge is 0.248 e. The van der Waals surface area contributed by atoms with Gasteiger partial charge in [-0.2, -0.15) is 0 Å². The molecule has 9 heavy (non-hydrogen) atoms. The van der Waals surface area contributed by atoms with E-state index in [1.165, 1.54) is 0 Å². The molecule has 0 aliphatic carbocycles. The molecule has 0 aliphatic rings. The fourth-order valence-electron chi connectivity index (χ4n) is 0.417. The fraction of sp³-hybridized carbons (Fsp3) is 0.375. The number of hydrogen-bond donors (Lipinski definition) is 1. The summed E-state index contributed by atoms with van der Waals surface area (Å²) in [4.78, 5) is 3.06. The fourth-order valence-corrected chi connectivity index (χ4v) is 0.417. The molecule has 0 amide bonds. The molecule has 1 nitrogen and oxygen atoms in total. The van der Waals surface area contributed by atoms with Gasteiger partial charge in [-0.1, -0.05) is 18.2 Å². The summed E-state index contributed by atoms with van der Waals surface area (Å²) in [6.45, 7) is 5.05. The van der Waals surface area contributed by atoms with Crippen molar-refractivity contribution in [3.63, 3.8) is 0 Å². The summed E-state index contributed by atoms with van der Waals surface area (Å²) in [5.74, 6) is 0. The Morgan fingerprint density at radius 1 is 1.22 bits per heavy atom. The summed E-state index contributed by atoms with van der Waals surface area (Å²) in [6, 6.07) is 0. The lowest BCUT2D eigenvalue weighted by molar-refractivity contribution is -0.446. The van der Waals surface area contributed by atoms with Crippen LogP contribution >= 0.6 is 0 Å². The van der Waals surface area contributed by atoms with Crippen LogP contribution in [-0.4, -0.2) is 12.8 Å². The normalized spacial score (nSPS) is 12.7. The molecular formula is C8H14N+. The molecule has 0 fully saturated rings. The van der Waals surface area contributed by atoms with Gasteiger partial charge in [0.05, 0.1) is 0 Å². The van der Waals surface area contributed by atoms with Crippen LogP contribution in [0, 0.1) is 0 Å². The maximum Gasteiger partial charge on any atom is 0.161 e. The van der Waals surface area contributed by atoms with E-state index in [0.29, 0.717) is 0 Å². The Hall–Kier alpha value is -0.850. The summed E-state index contributed by atoms with van der Waals surface area (Å²) < 4.78 is 0. The van der Waals surface area contributed by atoms with E-state index < -0.39 is 0 Å². The van der Waals surface area contributed by atoms with Crippen molar-refractivity contribution >= 4 is 6.21 Å². The van der Waals surface area contributed by atoms with Crippen molar-refractivity contribution in [2.45, 2.75) is 13.8 Å². The Morgan fingerprint density at radius 2 is 2.00 bits per heavy atom. The monoisotopic (exact) mass is 124 g/mol. The van der Waals surface area contributed by atoms with Crippen LogP contribution in [-0.2, 0) is 0 Å². The summed E-state index contributed by atoms with van der Waals surface area (Å²) in [5.41, 5.74) is 0. The van der Waals surface area contributed by atoms with E-state index in [1.807, 2.05) is 37.4 Å². The zero-order valence-electron chi connectivity index (χ0n) is 6.09. The first-order valence-corrected chi connectivity index (χ1v) is 3.26. The molecule has 0 rings (SSSR count). The van der Waals surface area contributed by atoms with Gasteiger partial charge in [0.25, 0.3) is 0 Å². The second kappa shape index (κ2) is 7.15. The van der Waals surface area contributed by atoms with Crippen molar-refractivity contribution in [1.29, 1.82) is 0 Å². The molecule has 50 valence electrons. The van der Waals surface area contributed by atoms with Gasteiger partial charge in [-0.3, -0.25) is 0 Å². The third-order valence-corrected chi connectivity index (χ3v) is 0.833. The van der Waals surface area contributed by atoms with Crippen LogP contribution in [0.3, 0.4) is 0 Å². The number of rotatable bonds is 3. The predicted octanol–water partition coefficient (Wildman–Crippen LogP) is 0.290. The molecule has 0 radical (unpaired) electrons. The van der Waals surface area contributed by atoms with Crippen molar-refractivity contribution in [1.82, 2.24) is 0 Å². The Morgan fingerprint density at radius 3 is 2.56 bits per heavy atom. The molecule has 0 saturated carbocycles. The maximum absolute atomic E-state index is 3.06. The van der Waals surface area contributed by atoms with Crippen LogP contribution in [0.1, 0.15) is 13.8 Å². The minimum absolute atomic E-state index is 0.986. The highest BCUT2D eigenvalue weighted by molar-refractivity contribution is 5.65. The topological polar surface area (TPSA) is 14.0 Å². The third kappa shape index (κ3) is 7.15. The van der Waals surface area contributed by atoms with E-state index in [4.69, 9.17) is 0 Å². The van der Waals surface area contributed by atoms with Crippen LogP contribution in [0.4, 0.5) is 0 Å². The average Bonchev–Trinajstić information content (AvgIpc) is 1.89. The summed E-state index contributed by atoms with van der Waals surface area (Å²) in [5, 5.41) is 0. The zero-order chi connectivity index (χ0) is 6.95. The Balaban J connectivity index is 3.35. The van der Waals surface area contributed by atoms with Gasteiger partial charge in [-0.25, -0.2) is 4.99 Å². The lowest BCUT2D eigenvalue weighted by Crippen LogP contribution is -2.67. The van der Waals surface area contributed by atoms with Crippen molar-refractivity contribution in [2.24, 2.45) is 0 Å². The van der Waals surface area contributed by atoms with Gasteiger partial charge in [0.1, 0.15) is 6.54 Å². The molecule has 0 heterocycles. The van der Waals surface area contributed by atoms with E-state index in [1.54, 1.807) is 0 Å². The number of nitrogens with one attached hydrogen (secondary N) is 1. The summed E-state index contributed by atoms with van der Waals surface area (Å²) >= 11 is 0. The van der Waals surface area contributed by atoms with Gasteiger partial charge < -0.3 is 0 Å². The first kappa shape index (κ1) is 8.15. The van der Waals surface area contributed by atoms with Gasteiger partial charge in [-0.05, 0) is 13.8 Å². The van der Waals surface area contributed by atoms with Crippen molar-refractivity contribution < 1.29 is 4.99 Å². The molecule has 1 heteroatoms. The molecule has 0 aromatic carbocycles. The van der Waals surface area contributed by atoms with Crippen LogP contribution in [0.15, 0.2) is 24.3 Å². The van der Waals surface area contributed by atoms with Crippen molar-refractivity contribution in [3.8, 4) is 0 Å². The maximum atomic E-state index is 3.06. The molecule has 1 N–H and O–H groups in total. The molecule has 0 saturated heterocycles. The molecular weight excluding hydrogens is 110 g/mol. The first-order chi connectivity index (χ1) is 4.41. The molecule has 0 spiro atoms. The van der Waals surface area contributed by atoms with E-state index in [-0.39, 0.29) is 0 Å². The molecule has 0 aliphatic heterocycles. The van der Waals surface area contributed by atoms with E-state index in [2.05, 4.69) is 11.9 Å².